The number of aromatic nitrogens is 1. The van der Waals surface area contributed by atoms with Crippen molar-refractivity contribution in [2.45, 2.75) is 37.9 Å². The number of nitrogens with zero attached hydrogens (tertiary/aromatic N) is 3. The molecule has 5 rings (SSSR count). The maximum Gasteiger partial charge on any atom is 0.278 e. The van der Waals surface area contributed by atoms with Gasteiger partial charge in [-0.1, -0.05) is 48.5 Å². The van der Waals surface area contributed by atoms with E-state index in [0.717, 1.165) is 18.4 Å². The van der Waals surface area contributed by atoms with Crippen LogP contribution in [0.1, 0.15) is 52.1 Å². The standard InChI is InChI=1S/C25H23N3O4.ClH/c29-20-13-16-27-21(22(20)30)24(32)26(17-18-9-3-1-4-10-18)25(14-7-8-15-25)28(27)23(31)19-11-5-2-6-12-19;/h1-6,9-13,16,30H,7-8,14-15,17H2;1H. The van der Waals surface area contributed by atoms with Gasteiger partial charge in [0.1, 0.15) is 5.66 Å². The summed E-state index contributed by atoms with van der Waals surface area (Å²) in [6.45, 7) is 0.265. The SMILES string of the molecule is Cl.O=C1c2c(O)c(=O)ccn2N(C(=O)c2ccccc2)C2(CCCC2)N1Cc1ccccc1. The van der Waals surface area contributed by atoms with Crippen LogP contribution in [-0.4, -0.2) is 32.2 Å². The Labute approximate surface area is 197 Å². The molecular formula is C25H24ClN3O4. The second-order valence-electron chi connectivity index (χ2n) is 8.27. The minimum absolute atomic E-state index is 0. The van der Waals surface area contributed by atoms with Gasteiger partial charge in [0, 0.05) is 24.4 Å². The van der Waals surface area contributed by atoms with Crippen LogP contribution in [0, 0.1) is 0 Å². The Morgan fingerprint density at radius 2 is 1.52 bits per heavy atom. The molecule has 0 unspecified atom stereocenters. The second kappa shape index (κ2) is 8.75. The van der Waals surface area contributed by atoms with E-state index in [1.165, 1.54) is 16.9 Å². The van der Waals surface area contributed by atoms with E-state index in [1.807, 2.05) is 36.4 Å². The van der Waals surface area contributed by atoms with E-state index in [2.05, 4.69) is 0 Å². The van der Waals surface area contributed by atoms with Gasteiger partial charge in [-0.15, -0.1) is 12.4 Å². The van der Waals surface area contributed by atoms with Crippen LogP contribution < -0.4 is 10.4 Å². The van der Waals surface area contributed by atoms with Gasteiger partial charge in [-0.3, -0.25) is 14.4 Å². The zero-order valence-corrected chi connectivity index (χ0v) is 18.7. The molecule has 1 saturated carbocycles. The molecular weight excluding hydrogens is 442 g/mol. The van der Waals surface area contributed by atoms with Crippen molar-refractivity contribution in [3.05, 3.63) is 100.0 Å². The van der Waals surface area contributed by atoms with Gasteiger partial charge in [0.05, 0.1) is 0 Å². The van der Waals surface area contributed by atoms with Crippen LogP contribution in [0.5, 0.6) is 5.75 Å². The van der Waals surface area contributed by atoms with Gasteiger partial charge in [-0.2, -0.15) is 0 Å². The molecule has 2 heterocycles. The summed E-state index contributed by atoms with van der Waals surface area (Å²) in [6.07, 6.45) is 4.35. The van der Waals surface area contributed by atoms with Crippen LogP contribution in [-0.2, 0) is 6.54 Å². The van der Waals surface area contributed by atoms with E-state index in [9.17, 15) is 19.5 Å². The van der Waals surface area contributed by atoms with E-state index in [4.69, 9.17) is 0 Å². The van der Waals surface area contributed by atoms with Gasteiger partial charge >= 0.3 is 0 Å². The van der Waals surface area contributed by atoms with Gasteiger partial charge in [0.2, 0.25) is 5.43 Å². The fourth-order valence-electron chi connectivity index (χ4n) is 4.91. The van der Waals surface area contributed by atoms with Crippen molar-refractivity contribution in [2.24, 2.45) is 0 Å². The lowest BCUT2D eigenvalue weighted by Gasteiger charge is -2.53. The highest BCUT2D eigenvalue weighted by Crippen LogP contribution is 2.43. The van der Waals surface area contributed by atoms with Crippen molar-refractivity contribution in [1.82, 2.24) is 9.58 Å². The second-order valence-corrected chi connectivity index (χ2v) is 8.27. The maximum atomic E-state index is 13.8. The largest absolute Gasteiger partial charge is 0.502 e. The molecule has 7 nitrogen and oxygen atoms in total. The molecule has 0 bridgehead atoms. The predicted octanol–water partition coefficient (Wildman–Crippen LogP) is 3.68. The average Bonchev–Trinajstić information content (AvgIpc) is 3.30. The van der Waals surface area contributed by atoms with Crippen LogP contribution in [0.15, 0.2) is 77.7 Å². The molecule has 33 heavy (non-hydrogen) atoms. The summed E-state index contributed by atoms with van der Waals surface area (Å²) in [5.41, 5.74) is -0.356. The third-order valence-electron chi connectivity index (χ3n) is 6.41. The summed E-state index contributed by atoms with van der Waals surface area (Å²) < 4.78 is 1.38. The number of halogens is 1. The highest BCUT2D eigenvalue weighted by molar-refractivity contribution is 6.06. The van der Waals surface area contributed by atoms with E-state index in [0.29, 0.717) is 18.4 Å². The first-order chi connectivity index (χ1) is 15.5. The molecule has 1 fully saturated rings. The monoisotopic (exact) mass is 465 g/mol. The molecule has 0 saturated heterocycles. The van der Waals surface area contributed by atoms with Crippen molar-refractivity contribution in [3.8, 4) is 5.75 Å². The number of hydrogen-bond acceptors (Lipinski definition) is 4. The highest BCUT2D eigenvalue weighted by atomic mass is 35.5. The van der Waals surface area contributed by atoms with Crippen LogP contribution in [0.3, 0.4) is 0 Å². The lowest BCUT2D eigenvalue weighted by molar-refractivity contribution is 0.0230. The molecule has 170 valence electrons. The fourth-order valence-corrected chi connectivity index (χ4v) is 4.91. The van der Waals surface area contributed by atoms with Crippen LogP contribution in [0.25, 0.3) is 0 Å². The Hall–Kier alpha value is -3.58. The van der Waals surface area contributed by atoms with Crippen molar-refractivity contribution in [2.75, 3.05) is 5.01 Å². The predicted molar refractivity (Wildman–Crippen MR) is 126 cm³/mol. The number of fused-ring (bicyclic) bond motifs is 1. The van der Waals surface area contributed by atoms with E-state index in [1.54, 1.807) is 34.2 Å². The Morgan fingerprint density at radius 1 is 0.909 bits per heavy atom. The highest BCUT2D eigenvalue weighted by Gasteiger charge is 2.54. The fraction of sp³-hybridized carbons (Fsp3) is 0.240. The van der Waals surface area contributed by atoms with Gasteiger partial charge in [0.25, 0.3) is 11.8 Å². The minimum Gasteiger partial charge on any atom is -0.502 e. The zero-order valence-electron chi connectivity index (χ0n) is 17.9. The molecule has 1 aliphatic heterocycles. The van der Waals surface area contributed by atoms with Crippen molar-refractivity contribution in [1.29, 1.82) is 0 Å². The van der Waals surface area contributed by atoms with Crippen LogP contribution >= 0.6 is 12.4 Å². The minimum atomic E-state index is -0.894. The van der Waals surface area contributed by atoms with Gasteiger partial charge < -0.3 is 10.0 Å². The van der Waals surface area contributed by atoms with E-state index in [-0.39, 0.29) is 30.6 Å². The Morgan fingerprint density at radius 3 is 2.15 bits per heavy atom. The molecule has 0 radical (unpaired) electrons. The normalized spacial score (nSPS) is 16.4. The lowest BCUT2D eigenvalue weighted by atomic mass is 9.99. The molecule has 1 spiro atoms. The van der Waals surface area contributed by atoms with Crippen molar-refractivity contribution >= 4 is 24.2 Å². The van der Waals surface area contributed by atoms with E-state index < -0.39 is 22.7 Å². The first kappa shape index (κ1) is 22.6. The third-order valence-corrected chi connectivity index (χ3v) is 6.41. The Bertz CT molecular complexity index is 1240. The number of carbonyl (C=O) groups excluding carboxylic acids is 2. The molecule has 1 N–H and O–H groups in total. The summed E-state index contributed by atoms with van der Waals surface area (Å²) in [5.74, 6) is -1.39. The zero-order chi connectivity index (χ0) is 22.3. The molecule has 0 atom stereocenters. The number of carbonyl (C=O) groups is 2. The summed E-state index contributed by atoms with van der Waals surface area (Å²) in [4.78, 5) is 41.4. The smallest absolute Gasteiger partial charge is 0.278 e. The Balaban J connectivity index is 0.00000259. The number of rotatable bonds is 3. The molecule has 2 aliphatic rings. The molecule has 8 heteroatoms. The van der Waals surface area contributed by atoms with Gasteiger partial charge in [0.15, 0.2) is 11.4 Å². The maximum absolute atomic E-state index is 13.8. The number of aromatic hydroxyl groups is 1. The quantitative estimate of drug-likeness (QED) is 0.639. The van der Waals surface area contributed by atoms with Gasteiger partial charge in [-0.25, -0.2) is 9.69 Å². The van der Waals surface area contributed by atoms with E-state index >= 15 is 0 Å². The molecule has 2 amide bonds. The summed E-state index contributed by atoms with van der Waals surface area (Å²) in [6, 6.07) is 19.6. The first-order valence-corrected chi connectivity index (χ1v) is 10.7. The average molecular weight is 466 g/mol. The summed E-state index contributed by atoms with van der Waals surface area (Å²) in [5, 5.41) is 12.1. The number of pyridine rings is 1. The summed E-state index contributed by atoms with van der Waals surface area (Å²) >= 11 is 0. The molecule has 1 aliphatic carbocycles. The summed E-state index contributed by atoms with van der Waals surface area (Å²) in [7, 11) is 0. The van der Waals surface area contributed by atoms with Crippen LogP contribution in [0.4, 0.5) is 0 Å². The Kier molecular flexibility index (Phi) is 5.99. The topological polar surface area (TPSA) is 82.8 Å². The molecule has 3 aromatic rings. The van der Waals surface area contributed by atoms with Crippen molar-refractivity contribution in [3.63, 3.8) is 0 Å². The molecule has 2 aromatic carbocycles. The number of benzene rings is 2. The van der Waals surface area contributed by atoms with Crippen LogP contribution in [0.2, 0.25) is 0 Å². The molecule has 1 aromatic heterocycles. The van der Waals surface area contributed by atoms with Crippen molar-refractivity contribution < 1.29 is 14.7 Å². The number of hydrogen-bond donors (Lipinski definition) is 1. The van der Waals surface area contributed by atoms with Gasteiger partial charge in [-0.05, 0) is 43.4 Å². The first-order valence-electron chi connectivity index (χ1n) is 10.7. The lowest BCUT2D eigenvalue weighted by Crippen LogP contribution is -2.70. The third kappa shape index (κ3) is 3.58. The number of amides is 2.